The summed E-state index contributed by atoms with van der Waals surface area (Å²) < 4.78 is 28.1. The van der Waals surface area contributed by atoms with E-state index in [9.17, 15) is 8.42 Å². The molecular formula is C13H21N3O3S. The van der Waals surface area contributed by atoms with E-state index in [1.165, 1.54) is 25.0 Å². The van der Waals surface area contributed by atoms with Crippen LogP contribution < -0.4 is 16.2 Å². The zero-order valence-electron chi connectivity index (χ0n) is 11.3. The number of nitrogens with two attached hydrogens (primary N) is 2. The first-order valence-electron chi connectivity index (χ1n) is 6.70. The average Bonchev–Trinajstić information content (AvgIpc) is 3.16. The molecule has 1 aromatic rings. The van der Waals surface area contributed by atoms with E-state index in [0.29, 0.717) is 24.5 Å². The van der Waals surface area contributed by atoms with Gasteiger partial charge in [0.05, 0.1) is 4.90 Å². The van der Waals surface area contributed by atoms with Crippen LogP contribution in [-0.4, -0.2) is 28.2 Å². The van der Waals surface area contributed by atoms with Crippen LogP contribution in [0.4, 0.5) is 11.4 Å². The van der Waals surface area contributed by atoms with Gasteiger partial charge in [-0.1, -0.05) is 0 Å². The van der Waals surface area contributed by atoms with E-state index in [2.05, 4.69) is 5.32 Å². The normalized spacial score (nSPS) is 15.2. The second-order valence-corrected chi connectivity index (χ2v) is 6.70. The van der Waals surface area contributed by atoms with Crippen LogP contribution in [-0.2, 0) is 14.8 Å². The number of hydrogen-bond acceptors (Lipinski definition) is 5. The Labute approximate surface area is 119 Å². The van der Waals surface area contributed by atoms with E-state index < -0.39 is 10.0 Å². The largest absolute Gasteiger partial charge is 0.399 e. The lowest BCUT2D eigenvalue weighted by atomic mass is 10.2. The van der Waals surface area contributed by atoms with Gasteiger partial charge in [0.15, 0.2) is 0 Å². The van der Waals surface area contributed by atoms with Gasteiger partial charge in [-0.2, -0.15) is 0 Å². The molecule has 0 saturated heterocycles. The molecule has 0 radical (unpaired) electrons. The molecule has 0 heterocycles. The van der Waals surface area contributed by atoms with Gasteiger partial charge < -0.3 is 15.8 Å². The predicted octanol–water partition coefficient (Wildman–Crippen LogP) is 1.14. The third kappa shape index (κ3) is 4.99. The first kappa shape index (κ1) is 15.1. The number of benzene rings is 1. The molecule has 1 aliphatic carbocycles. The fourth-order valence-corrected chi connectivity index (χ4v) is 2.42. The van der Waals surface area contributed by atoms with Crippen molar-refractivity contribution in [2.24, 2.45) is 11.1 Å². The van der Waals surface area contributed by atoms with Crippen molar-refractivity contribution >= 4 is 21.4 Å². The second-order valence-electron chi connectivity index (χ2n) is 5.13. The van der Waals surface area contributed by atoms with E-state index in [1.54, 1.807) is 6.07 Å². The molecule has 6 nitrogen and oxygen atoms in total. The number of nitrogens with one attached hydrogen (secondary N) is 1. The maximum atomic E-state index is 11.3. The number of sulfonamides is 1. The first-order valence-corrected chi connectivity index (χ1v) is 8.25. The summed E-state index contributed by atoms with van der Waals surface area (Å²) in [5.41, 5.74) is 6.68. The van der Waals surface area contributed by atoms with Crippen molar-refractivity contribution < 1.29 is 13.2 Å². The molecule has 1 fully saturated rings. The summed E-state index contributed by atoms with van der Waals surface area (Å²) in [5.74, 6) is 0.772. The standard InChI is InChI=1S/C13H21N3O3S/c14-11-6-12(8-13(7-11)20(15,17)18)16-4-1-5-19-9-10-2-3-10/h6-8,10,16H,1-5,9,14H2,(H2,15,17,18). The second kappa shape index (κ2) is 6.43. The highest BCUT2D eigenvalue weighted by atomic mass is 32.2. The van der Waals surface area contributed by atoms with Crippen LogP contribution in [0.1, 0.15) is 19.3 Å². The third-order valence-electron chi connectivity index (χ3n) is 3.10. The summed E-state index contributed by atoms with van der Waals surface area (Å²) in [4.78, 5) is 0.0185. The molecule has 20 heavy (non-hydrogen) atoms. The molecule has 0 atom stereocenters. The lowest BCUT2D eigenvalue weighted by molar-refractivity contribution is 0.124. The summed E-state index contributed by atoms with van der Waals surface area (Å²) in [7, 11) is -3.73. The Kier molecular flexibility index (Phi) is 4.85. The summed E-state index contributed by atoms with van der Waals surface area (Å²) in [5, 5.41) is 8.21. The zero-order chi connectivity index (χ0) is 14.6. The lowest BCUT2D eigenvalue weighted by Crippen LogP contribution is -2.13. The topological polar surface area (TPSA) is 107 Å². The SMILES string of the molecule is Nc1cc(NCCCOCC2CC2)cc(S(N)(=O)=O)c1. The molecule has 1 aliphatic rings. The predicted molar refractivity (Wildman–Crippen MR) is 78.9 cm³/mol. The Morgan fingerprint density at radius 3 is 2.70 bits per heavy atom. The Hall–Kier alpha value is -1.31. The number of primary sulfonamides is 1. The van der Waals surface area contributed by atoms with Crippen LogP contribution in [0.5, 0.6) is 0 Å². The molecule has 0 aromatic heterocycles. The van der Waals surface area contributed by atoms with E-state index >= 15 is 0 Å². The summed E-state index contributed by atoms with van der Waals surface area (Å²) in [6, 6.07) is 4.51. The van der Waals surface area contributed by atoms with Gasteiger partial charge in [0.2, 0.25) is 10.0 Å². The van der Waals surface area contributed by atoms with Crippen molar-refractivity contribution in [1.82, 2.24) is 0 Å². The van der Waals surface area contributed by atoms with Gasteiger partial charge in [0, 0.05) is 31.1 Å². The maximum Gasteiger partial charge on any atom is 0.238 e. The summed E-state index contributed by atoms with van der Waals surface area (Å²) in [6.07, 6.45) is 3.43. The minimum Gasteiger partial charge on any atom is -0.399 e. The van der Waals surface area contributed by atoms with Gasteiger partial charge in [0.25, 0.3) is 0 Å². The van der Waals surface area contributed by atoms with Gasteiger partial charge in [-0.15, -0.1) is 0 Å². The van der Waals surface area contributed by atoms with Gasteiger partial charge in [-0.05, 0) is 43.4 Å². The van der Waals surface area contributed by atoms with Crippen LogP contribution >= 0.6 is 0 Å². The van der Waals surface area contributed by atoms with Crippen molar-refractivity contribution in [3.05, 3.63) is 18.2 Å². The Morgan fingerprint density at radius 1 is 1.30 bits per heavy atom. The Bertz CT molecular complexity index is 556. The van der Waals surface area contributed by atoms with Crippen molar-refractivity contribution in [2.45, 2.75) is 24.2 Å². The molecule has 2 rings (SSSR count). The van der Waals surface area contributed by atoms with Gasteiger partial charge in [-0.25, -0.2) is 13.6 Å². The molecule has 0 spiro atoms. The van der Waals surface area contributed by atoms with E-state index in [1.807, 2.05) is 0 Å². The van der Waals surface area contributed by atoms with Crippen molar-refractivity contribution in [2.75, 3.05) is 30.8 Å². The van der Waals surface area contributed by atoms with Crippen LogP contribution in [0.15, 0.2) is 23.1 Å². The van der Waals surface area contributed by atoms with Crippen LogP contribution in [0.3, 0.4) is 0 Å². The molecule has 0 amide bonds. The third-order valence-corrected chi connectivity index (χ3v) is 4.00. The molecule has 1 saturated carbocycles. The minimum absolute atomic E-state index is 0.0185. The highest BCUT2D eigenvalue weighted by Gasteiger charge is 2.20. The quantitative estimate of drug-likeness (QED) is 0.493. The van der Waals surface area contributed by atoms with E-state index in [4.69, 9.17) is 15.6 Å². The van der Waals surface area contributed by atoms with Crippen LogP contribution in [0.25, 0.3) is 0 Å². The van der Waals surface area contributed by atoms with Crippen molar-refractivity contribution in [3.63, 3.8) is 0 Å². The van der Waals surface area contributed by atoms with Crippen LogP contribution in [0, 0.1) is 5.92 Å². The smallest absolute Gasteiger partial charge is 0.238 e. The molecule has 0 bridgehead atoms. The fourth-order valence-electron chi connectivity index (χ4n) is 1.83. The highest BCUT2D eigenvalue weighted by Crippen LogP contribution is 2.28. The number of anilines is 2. The fraction of sp³-hybridized carbons (Fsp3) is 0.538. The Balaban J connectivity index is 1.78. The monoisotopic (exact) mass is 299 g/mol. The molecule has 112 valence electrons. The van der Waals surface area contributed by atoms with Gasteiger partial charge in [-0.3, -0.25) is 0 Å². The zero-order valence-corrected chi connectivity index (χ0v) is 12.2. The minimum atomic E-state index is -3.73. The van der Waals surface area contributed by atoms with E-state index in [0.717, 1.165) is 18.9 Å². The molecule has 0 unspecified atom stereocenters. The molecule has 5 N–H and O–H groups in total. The van der Waals surface area contributed by atoms with Gasteiger partial charge in [0.1, 0.15) is 0 Å². The number of hydrogen-bond donors (Lipinski definition) is 3. The molecular weight excluding hydrogens is 278 g/mol. The summed E-state index contributed by atoms with van der Waals surface area (Å²) in [6.45, 7) is 2.25. The number of ether oxygens (including phenoxy) is 1. The van der Waals surface area contributed by atoms with Crippen LogP contribution in [0.2, 0.25) is 0 Å². The molecule has 0 aliphatic heterocycles. The highest BCUT2D eigenvalue weighted by molar-refractivity contribution is 7.89. The number of nitrogen functional groups attached to an aromatic ring is 1. The molecule has 1 aromatic carbocycles. The Morgan fingerprint density at radius 2 is 2.05 bits per heavy atom. The van der Waals surface area contributed by atoms with Crippen molar-refractivity contribution in [1.29, 1.82) is 0 Å². The van der Waals surface area contributed by atoms with E-state index in [-0.39, 0.29) is 4.90 Å². The average molecular weight is 299 g/mol. The molecule has 7 heteroatoms. The van der Waals surface area contributed by atoms with Crippen molar-refractivity contribution in [3.8, 4) is 0 Å². The number of rotatable bonds is 8. The maximum absolute atomic E-state index is 11.3. The lowest BCUT2D eigenvalue weighted by Gasteiger charge is -2.09. The first-order chi connectivity index (χ1) is 9.45. The van der Waals surface area contributed by atoms with Gasteiger partial charge >= 0.3 is 0 Å². The summed E-state index contributed by atoms with van der Waals surface area (Å²) >= 11 is 0.